The third-order valence-corrected chi connectivity index (χ3v) is 5.61. The molecule has 4 rings (SSSR count). The highest BCUT2D eigenvalue weighted by Crippen LogP contribution is 2.23. The Balaban J connectivity index is 1.60. The highest BCUT2D eigenvalue weighted by molar-refractivity contribution is 5.93. The molecule has 7 heteroatoms. The Morgan fingerprint density at radius 2 is 2.18 bits per heavy atom. The van der Waals surface area contributed by atoms with Gasteiger partial charge in [-0.2, -0.15) is 4.39 Å². The van der Waals surface area contributed by atoms with Gasteiger partial charge in [-0.15, -0.1) is 0 Å². The molecule has 0 radical (unpaired) electrons. The number of hydrogen-bond donors (Lipinski definition) is 3. The van der Waals surface area contributed by atoms with Crippen LogP contribution >= 0.6 is 0 Å². The summed E-state index contributed by atoms with van der Waals surface area (Å²) in [5.74, 6) is -0.756. The summed E-state index contributed by atoms with van der Waals surface area (Å²) in [5, 5.41) is 16.4. The van der Waals surface area contributed by atoms with Crippen molar-refractivity contribution in [3.63, 3.8) is 0 Å². The molecule has 0 unspecified atom stereocenters. The maximum atomic E-state index is 13.1. The fourth-order valence-electron chi connectivity index (χ4n) is 4.08. The van der Waals surface area contributed by atoms with Gasteiger partial charge in [0.05, 0.1) is 17.8 Å². The molecule has 0 bridgehead atoms. The first-order valence-corrected chi connectivity index (χ1v) is 9.92. The Morgan fingerprint density at radius 3 is 2.96 bits per heavy atom. The number of aliphatic hydroxyl groups is 1. The van der Waals surface area contributed by atoms with Crippen molar-refractivity contribution in [2.45, 2.75) is 57.2 Å². The third kappa shape index (κ3) is 4.20. The summed E-state index contributed by atoms with van der Waals surface area (Å²) >= 11 is 0. The van der Waals surface area contributed by atoms with Crippen LogP contribution in [0.3, 0.4) is 0 Å². The number of halogens is 1. The molecule has 2 atom stereocenters. The summed E-state index contributed by atoms with van der Waals surface area (Å²) in [6, 6.07) is 4.68. The lowest BCUT2D eigenvalue weighted by molar-refractivity contribution is 0.0713. The van der Waals surface area contributed by atoms with Gasteiger partial charge in [-0.25, -0.2) is 9.97 Å². The van der Waals surface area contributed by atoms with Crippen LogP contribution in [-0.4, -0.2) is 39.7 Å². The molecular formula is C21H25FN4O2. The number of hydrogen-bond acceptors (Lipinski definition) is 5. The van der Waals surface area contributed by atoms with Gasteiger partial charge in [-0.05, 0) is 61.1 Å². The molecule has 2 aromatic heterocycles. The lowest BCUT2D eigenvalue weighted by Crippen LogP contribution is -2.45. The van der Waals surface area contributed by atoms with Gasteiger partial charge < -0.3 is 15.7 Å². The molecule has 2 aliphatic rings. The van der Waals surface area contributed by atoms with Crippen LogP contribution in [0.5, 0.6) is 0 Å². The average Bonchev–Trinajstić information content (AvgIpc) is 2.71. The summed E-state index contributed by atoms with van der Waals surface area (Å²) in [6.07, 6.45) is 5.95. The standard InChI is InChI=1S/C21H25FN4O2/c22-20-6-5-13(11-24-20)9-14-10-17(25-18-12-23-8-7-15(14)18)21(28)26-16-3-1-2-4-19(16)27/h5-6,10-11,16,19,23,27H,1-4,7-9,12H2,(H,26,28)/t16-,19-/m0/s1. The highest BCUT2D eigenvalue weighted by atomic mass is 19.1. The smallest absolute Gasteiger partial charge is 0.270 e. The second-order valence-corrected chi connectivity index (χ2v) is 7.62. The molecule has 28 heavy (non-hydrogen) atoms. The molecule has 1 fully saturated rings. The first-order chi connectivity index (χ1) is 13.6. The van der Waals surface area contributed by atoms with Gasteiger partial charge in [0.25, 0.3) is 5.91 Å². The van der Waals surface area contributed by atoms with Crippen molar-refractivity contribution >= 4 is 5.91 Å². The molecule has 3 heterocycles. The number of nitrogens with one attached hydrogen (secondary N) is 2. The van der Waals surface area contributed by atoms with E-state index in [4.69, 9.17) is 0 Å². The van der Waals surface area contributed by atoms with E-state index in [1.54, 1.807) is 6.07 Å². The van der Waals surface area contributed by atoms with E-state index in [9.17, 15) is 14.3 Å². The summed E-state index contributed by atoms with van der Waals surface area (Å²) in [5.41, 5.74) is 4.31. The average molecular weight is 384 g/mol. The summed E-state index contributed by atoms with van der Waals surface area (Å²) in [4.78, 5) is 21.1. The zero-order chi connectivity index (χ0) is 19.5. The molecule has 1 saturated carbocycles. The van der Waals surface area contributed by atoms with Crippen LogP contribution in [0.25, 0.3) is 0 Å². The van der Waals surface area contributed by atoms with E-state index in [0.29, 0.717) is 18.7 Å². The molecule has 6 nitrogen and oxygen atoms in total. The monoisotopic (exact) mass is 384 g/mol. The molecule has 0 saturated heterocycles. The van der Waals surface area contributed by atoms with Gasteiger partial charge >= 0.3 is 0 Å². The fourth-order valence-corrected chi connectivity index (χ4v) is 4.08. The Hall–Kier alpha value is -2.38. The normalized spacial score (nSPS) is 21.8. The maximum absolute atomic E-state index is 13.1. The van der Waals surface area contributed by atoms with E-state index in [1.807, 2.05) is 6.07 Å². The third-order valence-electron chi connectivity index (χ3n) is 5.61. The van der Waals surface area contributed by atoms with Gasteiger partial charge in [-0.1, -0.05) is 18.9 Å². The number of rotatable bonds is 4. The largest absolute Gasteiger partial charge is 0.391 e. The van der Waals surface area contributed by atoms with Crippen molar-refractivity contribution < 1.29 is 14.3 Å². The molecule has 0 spiro atoms. The Morgan fingerprint density at radius 1 is 1.32 bits per heavy atom. The molecule has 3 N–H and O–H groups in total. The number of carbonyl (C=O) groups is 1. The van der Waals surface area contributed by atoms with Crippen LogP contribution < -0.4 is 10.6 Å². The number of amides is 1. The molecule has 1 aliphatic heterocycles. The molecular weight excluding hydrogens is 359 g/mol. The van der Waals surface area contributed by atoms with Gasteiger partial charge in [0.2, 0.25) is 5.95 Å². The zero-order valence-electron chi connectivity index (χ0n) is 15.7. The first kappa shape index (κ1) is 19.0. The Kier molecular flexibility index (Phi) is 5.64. The fraction of sp³-hybridized carbons (Fsp3) is 0.476. The minimum Gasteiger partial charge on any atom is -0.391 e. The predicted octanol–water partition coefficient (Wildman–Crippen LogP) is 1.89. The molecule has 148 valence electrons. The minimum atomic E-state index is -0.504. The van der Waals surface area contributed by atoms with Crippen molar-refractivity contribution in [1.29, 1.82) is 0 Å². The number of aromatic nitrogens is 2. The van der Waals surface area contributed by atoms with Crippen molar-refractivity contribution in [2.24, 2.45) is 0 Å². The van der Waals surface area contributed by atoms with Gasteiger partial charge in [0.1, 0.15) is 5.69 Å². The summed E-state index contributed by atoms with van der Waals surface area (Å²) in [6.45, 7) is 1.49. The number of carbonyl (C=O) groups excluding carboxylic acids is 1. The SMILES string of the molecule is O=C(N[C@H]1CCCC[C@@H]1O)c1cc(Cc2ccc(F)nc2)c2c(n1)CNCC2. The van der Waals surface area contributed by atoms with Crippen molar-refractivity contribution in [2.75, 3.05) is 6.54 Å². The first-order valence-electron chi connectivity index (χ1n) is 9.92. The zero-order valence-corrected chi connectivity index (χ0v) is 15.7. The number of nitrogens with zero attached hydrogens (tertiary/aromatic N) is 2. The summed E-state index contributed by atoms with van der Waals surface area (Å²) in [7, 11) is 0. The van der Waals surface area contributed by atoms with E-state index >= 15 is 0 Å². The second kappa shape index (κ2) is 8.32. The lowest BCUT2D eigenvalue weighted by atomic mass is 9.92. The van der Waals surface area contributed by atoms with Gasteiger partial charge in [0, 0.05) is 12.7 Å². The Bertz CT molecular complexity index is 856. The van der Waals surface area contributed by atoms with Crippen LogP contribution in [0, 0.1) is 5.95 Å². The van der Waals surface area contributed by atoms with E-state index in [0.717, 1.165) is 61.0 Å². The van der Waals surface area contributed by atoms with E-state index in [1.165, 1.54) is 12.3 Å². The minimum absolute atomic E-state index is 0.220. The van der Waals surface area contributed by atoms with Crippen LogP contribution in [0.2, 0.25) is 0 Å². The predicted molar refractivity (Wildman–Crippen MR) is 102 cm³/mol. The lowest BCUT2D eigenvalue weighted by Gasteiger charge is -2.28. The molecule has 1 amide bonds. The molecule has 1 aliphatic carbocycles. The maximum Gasteiger partial charge on any atom is 0.270 e. The van der Waals surface area contributed by atoms with E-state index < -0.39 is 12.1 Å². The quantitative estimate of drug-likeness (QED) is 0.701. The van der Waals surface area contributed by atoms with Crippen LogP contribution in [0.15, 0.2) is 24.4 Å². The van der Waals surface area contributed by atoms with Crippen LogP contribution in [0.4, 0.5) is 4.39 Å². The van der Waals surface area contributed by atoms with Gasteiger partial charge in [-0.3, -0.25) is 4.79 Å². The summed E-state index contributed by atoms with van der Waals surface area (Å²) < 4.78 is 13.1. The van der Waals surface area contributed by atoms with E-state index in [-0.39, 0.29) is 11.9 Å². The van der Waals surface area contributed by atoms with E-state index in [2.05, 4.69) is 20.6 Å². The molecule has 0 aromatic carbocycles. The van der Waals surface area contributed by atoms with Crippen LogP contribution in [0.1, 0.15) is 58.6 Å². The Labute approximate surface area is 163 Å². The molecule has 2 aromatic rings. The topological polar surface area (TPSA) is 87.1 Å². The number of fused-ring (bicyclic) bond motifs is 1. The van der Waals surface area contributed by atoms with Crippen LogP contribution in [-0.2, 0) is 19.4 Å². The highest BCUT2D eigenvalue weighted by Gasteiger charge is 2.26. The van der Waals surface area contributed by atoms with Gasteiger partial charge in [0.15, 0.2) is 0 Å². The van der Waals surface area contributed by atoms with Crippen molar-refractivity contribution in [3.05, 3.63) is 58.4 Å². The van der Waals surface area contributed by atoms with Crippen molar-refractivity contribution in [1.82, 2.24) is 20.6 Å². The number of aliphatic hydroxyl groups excluding tert-OH is 1. The second-order valence-electron chi connectivity index (χ2n) is 7.62. The number of pyridine rings is 2. The van der Waals surface area contributed by atoms with Crippen molar-refractivity contribution in [3.8, 4) is 0 Å².